The van der Waals surface area contributed by atoms with Crippen molar-refractivity contribution in [2.24, 2.45) is 0 Å². The molecule has 0 amide bonds. The Kier molecular flexibility index (Phi) is 4.96. The van der Waals surface area contributed by atoms with Crippen LogP contribution in [0, 0.1) is 12.7 Å². The monoisotopic (exact) mass is 296 g/mol. The summed E-state index contributed by atoms with van der Waals surface area (Å²) in [6.45, 7) is 6.94. The van der Waals surface area contributed by atoms with Crippen LogP contribution < -0.4 is 5.32 Å². The van der Waals surface area contributed by atoms with E-state index >= 15 is 0 Å². The number of rotatable bonds is 5. The highest BCUT2D eigenvalue weighted by Crippen LogP contribution is 2.35. The summed E-state index contributed by atoms with van der Waals surface area (Å²) in [5, 5.41) is 5.35. The van der Waals surface area contributed by atoms with Gasteiger partial charge in [-0.1, -0.05) is 18.7 Å². The Bertz CT molecular complexity index is 554. The number of aryl methyl sites for hydroxylation is 1. The number of aromatic nitrogens is 1. The lowest BCUT2D eigenvalue weighted by molar-refractivity contribution is 0.574. The first kappa shape index (κ1) is 14.5. The van der Waals surface area contributed by atoms with Crippen molar-refractivity contribution in [3.05, 3.63) is 40.7 Å². The number of hydrogen-bond donors (Lipinski definition) is 1. The third kappa shape index (κ3) is 3.78. The zero-order valence-electron chi connectivity index (χ0n) is 11.2. The molecule has 1 atom stereocenters. The number of nitrogens with one attached hydrogen (secondary N) is 1. The maximum atomic E-state index is 13.4. The minimum absolute atomic E-state index is 0.129. The third-order valence-corrected chi connectivity index (χ3v) is 4.89. The van der Waals surface area contributed by atoms with Gasteiger partial charge in [-0.15, -0.1) is 11.3 Å². The van der Waals surface area contributed by atoms with Gasteiger partial charge in [-0.2, -0.15) is 0 Å². The molecule has 0 aliphatic carbocycles. The lowest BCUT2D eigenvalue weighted by Gasteiger charge is -2.16. The number of halogens is 1. The van der Waals surface area contributed by atoms with Crippen LogP contribution in [0.1, 0.15) is 31.1 Å². The zero-order valence-corrected chi connectivity index (χ0v) is 12.9. The number of nitrogens with zero attached hydrogens (tertiary/aromatic N) is 1. The molecule has 19 heavy (non-hydrogen) atoms. The van der Waals surface area contributed by atoms with E-state index < -0.39 is 0 Å². The number of hydrogen-bond acceptors (Lipinski definition) is 4. The minimum Gasteiger partial charge on any atom is -0.310 e. The molecule has 2 nitrogen and oxygen atoms in total. The fourth-order valence-corrected chi connectivity index (χ4v) is 3.83. The van der Waals surface area contributed by atoms with Crippen molar-refractivity contribution in [3.8, 4) is 0 Å². The van der Waals surface area contributed by atoms with E-state index in [1.54, 1.807) is 29.2 Å². The molecule has 0 aliphatic rings. The van der Waals surface area contributed by atoms with E-state index in [0.717, 1.165) is 27.0 Å². The van der Waals surface area contributed by atoms with Crippen molar-refractivity contribution in [3.63, 3.8) is 0 Å². The SMILES string of the molecule is CCNC(C)c1cc(F)ccc1Sc1nc(C)cs1. The highest BCUT2D eigenvalue weighted by Gasteiger charge is 2.13. The fraction of sp³-hybridized carbons (Fsp3) is 0.357. The number of benzene rings is 1. The Morgan fingerprint density at radius 3 is 2.89 bits per heavy atom. The molecule has 102 valence electrons. The van der Waals surface area contributed by atoms with Crippen molar-refractivity contribution in [1.82, 2.24) is 10.3 Å². The average molecular weight is 296 g/mol. The smallest absolute Gasteiger partial charge is 0.154 e. The first-order chi connectivity index (χ1) is 9.10. The van der Waals surface area contributed by atoms with E-state index in [1.165, 1.54) is 6.07 Å². The molecule has 1 aromatic carbocycles. The summed E-state index contributed by atoms with van der Waals surface area (Å²) in [4.78, 5) is 5.50. The third-order valence-electron chi connectivity index (χ3n) is 2.74. The van der Waals surface area contributed by atoms with Gasteiger partial charge in [0.1, 0.15) is 5.82 Å². The fourth-order valence-electron chi connectivity index (χ4n) is 1.84. The molecule has 0 saturated carbocycles. The van der Waals surface area contributed by atoms with Crippen LogP contribution in [0.3, 0.4) is 0 Å². The summed E-state index contributed by atoms with van der Waals surface area (Å²) < 4.78 is 14.4. The van der Waals surface area contributed by atoms with E-state index in [4.69, 9.17) is 0 Å². The molecule has 0 fully saturated rings. The van der Waals surface area contributed by atoms with Crippen molar-refractivity contribution >= 4 is 23.1 Å². The molecule has 1 unspecified atom stereocenters. The molecule has 0 bridgehead atoms. The second kappa shape index (κ2) is 6.50. The van der Waals surface area contributed by atoms with Gasteiger partial charge in [0.2, 0.25) is 0 Å². The standard InChI is InChI=1S/C14H17FN2S2/c1-4-16-10(3)12-7-11(15)5-6-13(12)19-14-17-9(2)8-18-14/h5-8,10,16H,4H2,1-3H3. The van der Waals surface area contributed by atoms with Crippen LogP contribution in [0.4, 0.5) is 4.39 Å². The largest absolute Gasteiger partial charge is 0.310 e. The Hall–Kier alpha value is -0.910. The van der Waals surface area contributed by atoms with Crippen LogP contribution in [0.15, 0.2) is 32.8 Å². The normalized spacial score (nSPS) is 12.6. The quantitative estimate of drug-likeness (QED) is 0.884. The Morgan fingerprint density at radius 1 is 1.47 bits per heavy atom. The molecule has 2 rings (SSSR count). The van der Waals surface area contributed by atoms with E-state index in [-0.39, 0.29) is 11.9 Å². The molecule has 0 saturated heterocycles. The summed E-state index contributed by atoms with van der Waals surface area (Å²) in [6.07, 6.45) is 0. The van der Waals surface area contributed by atoms with E-state index in [9.17, 15) is 4.39 Å². The van der Waals surface area contributed by atoms with Gasteiger partial charge in [-0.05, 0) is 44.2 Å². The molecule has 1 N–H and O–H groups in total. The van der Waals surface area contributed by atoms with Crippen molar-refractivity contribution in [2.75, 3.05) is 6.54 Å². The highest BCUT2D eigenvalue weighted by molar-refractivity contribution is 8.01. The average Bonchev–Trinajstić information content (AvgIpc) is 2.77. The second-order valence-corrected chi connectivity index (χ2v) is 6.47. The summed E-state index contributed by atoms with van der Waals surface area (Å²) in [5.74, 6) is -0.195. The van der Waals surface area contributed by atoms with Crippen molar-refractivity contribution in [1.29, 1.82) is 0 Å². The minimum atomic E-state index is -0.195. The van der Waals surface area contributed by atoms with E-state index in [0.29, 0.717) is 0 Å². The van der Waals surface area contributed by atoms with Gasteiger partial charge >= 0.3 is 0 Å². The first-order valence-electron chi connectivity index (χ1n) is 6.23. The molecule has 1 aromatic heterocycles. The Labute approximate surface area is 121 Å². The lowest BCUT2D eigenvalue weighted by atomic mass is 10.1. The van der Waals surface area contributed by atoms with Gasteiger partial charge in [0, 0.05) is 22.0 Å². The predicted octanol–water partition coefficient (Wildman–Crippen LogP) is 4.41. The molecule has 5 heteroatoms. The maximum absolute atomic E-state index is 13.4. The Balaban J connectivity index is 2.28. The van der Waals surface area contributed by atoms with Crippen LogP contribution in [0.5, 0.6) is 0 Å². The van der Waals surface area contributed by atoms with Crippen molar-refractivity contribution < 1.29 is 4.39 Å². The van der Waals surface area contributed by atoms with Crippen LogP contribution in [0.25, 0.3) is 0 Å². The van der Waals surface area contributed by atoms with Crippen LogP contribution in [-0.2, 0) is 0 Å². The molecule has 0 aliphatic heterocycles. The molecule has 0 radical (unpaired) electrons. The van der Waals surface area contributed by atoms with Gasteiger partial charge in [0.05, 0.1) is 0 Å². The molecule has 1 heterocycles. The number of thiazole rings is 1. The Morgan fingerprint density at radius 2 is 2.26 bits per heavy atom. The summed E-state index contributed by atoms with van der Waals surface area (Å²) >= 11 is 3.22. The van der Waals surface area contributed by atoms with Gasteiger partial charge in [-0.3, -0.25) is 0 Å². The lowest BCUT2D eigenvalue weighted by Crippen LogP contribution is -2.18. The maximum Gasteiger partial charge on any atom is 0.154 e. The highest BCUT2D eigenvalue weighted by atomic mass is 32.2. The molecular formula is C14H17FN2S2. The van der Waals surface area contributed by atoms with Gasteiger partial charge in [0.25, 0.3) is 0 Å². The van der Waals surface area contributed by atoms with Gasteiger partial charge < -0.3 is 5.32 Å². The van der Waals surface area contributed by atoms with Gasteiger partial charge in [0.15, 0.2) is 4.34 Å². The summed E-state index contributed by atoms with van der Waals surface area (Å²) in [7, 11) is 0. The first-order valence-corrected chi connectivity index (χ1v) is 7.92. The second-order valence-electron chi connectivity index (χ2n) is 4.32. The van der Waals surface area contributed by atoms with Gasteiger partial charge in [-0.25, -0.2) is 9.37 Å². The van der Waals surface area contributed by atoms with Crippen LogP contribution in [0.2, 0.25) is 0 Å². The molecular weight excluding hydrogens is 279 g/mol. The summed E-state index contributed by atoms with van der Waals surface area (Å²) in [5.41, 5.74) is 2.01. The van der Waals surface area contributed by atoms with E-state index in [1.807, 2.05) is 25.3 Å². The zero-order chi connectivity index (χ0) is 13.8. The topological polar surface area (TPSA) is 24.9 Å². The summed E-state index contributed by atoms with van der Waals surface area (Å²) in [6, 6.07) is 5.07. The van der Waals surface area contributed by atoms with E-state index in [2.05, 4.69) is 17.2 Å². The molecule has 0 spiro atoms. The van der Waals surface area contributed by atoms with Crippen LogP contribution in [-0.4, -0.2) is 11.5 Å². The molecule has 2 aromatic rings. The predicted molar refractivity (Wildman–Crippen MR) is 79.5 cm³/mol. The van der Waals surface area contributed by atoms with Crippen LogP contribution >= 0.6 is 23.1 Å². The van der Waals surface area contributed by atoms with Crippen molar-refractivity contribution in [2.45, 2.75) is 36.0 Å².